The van der Waals surface area contributed by atoms with Gasteiger partial charge in [-0.3, -0.25) is 0 Å². The smallest absolute Gasteiger partial charge is 0.144 e. The van der Waals surface area contributed by atoms with Crippen LogP contribution >= 0.6 is 0 Å². The molecular formula is C6H7Si2. The molecule has 0 bridgehead atoms. The van der Waals surface area contributed by atoms with Gasteiger partial charge in [-0.2, -0.15) is 0 Å². The quantitative estimate of drug-likeness (QED) is 0.336. The van der Waals surface area contributed by atoms with Crippen molar-refractivity contribution in [3.63, 3.8) is 0 Å². The van der Waals surface area contributed by atoms with E-state index in [4.69, 9.17) is 6.42 Å². The first-order valence-electron chi connectivity index (χ1n) is 2.29. The van der Waals surface area contributed by atoms with E-state index < -0.39 is 8.07 Å². The lowest BCUT2D eigenvalue weighted by atomic mass is 11.3. The molecule has 0 aliphatic rings. The summed E-state index contributed by atoms with van der Waals surface area (Å²) < 4.78 is 0. The third kappa shape index (κ3) is 2.68. The second-order valence-corrected chi connectivity index (χ2v) is 6.06. The first kappa shape index (κ1) is 7.55. The van der Waals surface area contributed by atoms with Gasteiger partial charge in [-0.1, -0.05) is 0 Å². The topological polar surface area (TPSA) is 0 Å². The number of terminal acetylenes is 1. The Hall–Kier alpha value is -0.446. The molecule has 0 amide bonds. The molecule has 2 heteroatoms. The molecule has 0 saturated heterocycles. The number of hydrogen-bond donors (Lipinski definition) is 0. The average molecular weight is 135 g/mol. The molecule has 0 rings (SSSR count). The molecular weight excluding hydrogens is 128 g/mol. The van der Waals surface area contributed by atoms with Crippen LogP contribution in [0.15, 0.2) is 0 Å². The fraction of sp³-hybridized carbons (Fsp3) is 0.333. The maximum absolute atomic E-state index is 5.18. The number of hydrogen-bond acceptors (Lipinski definition) is 0. The lowest BCUT2D eigenvalue weighted by Gasteiger charge is -2.00. The lowest BCUT2D eigenvalue weighted by molar-refractivity contribution is 1.95. The van der Waals surface area contributed by atoms with E-state index >= 15 is 0 Å². The summed E-state index contributed by atoms with van der Waals surface area (Å²) in [7, 11) is 1.49. The first-order valence-corrected chi connectivity index (χ1v) is 5.79. The van der Waals surface area contributed by atoms with Gasteiger partial charge in [0.1, 0.15) is 10.2 Å². The van der Waals surface area contributed by atoms with Gasteiger partial charge in [-0.15, -0.1) is 23.1 Å². The summed E-state index contributed by atoms with van der Waals surface area (Å²) in [5.41, 5.74) is 8.25. The highest BCUT2D eigenvalue weighted by molar-refractivity contribution is 6.92. The van der Waals surface area contributed by atoms with E-state index in [-0.39, 0.29) is 0 Å². The molecule has 0 heterocycles. The maximum Gasteiger partial charge on any atom is 0.209 e. The fourth-order valence-corrected chi connectivity index (χ4v) is 1.51. The molecule has 0 unspecified atom stereocenters. The lowest BCUT2D eigenvalue weighted by Crippen LogP contribution is -2.20. The third-order valence-corrected chi connectivity index (χ3v) is 2.58. The van der Waals surface area contributed by atoms with E-state index in [0.29, 0.717) is 0 Å². The molecule has 0 aliphatic heterocycles. The van der Waals surface area contributed by atoms with E-state index in [0.717, 1.165) is 0 Å². The van der Waals surface area contributed by atoms with Crippen LogP contribution in [0.5, 0.6) is 0 Å². The summed E-state index contributed by atoms with van der Waals surface area (Å²) >= 11 is 0. The van der Waals surface area contributed by atoms with Crippen LogP contribution in [0.25, 0.3) is 0 Å². The second kappa shape index (κ2) is 2.76. The van der Waals surface area contributed by atoms with Crippen molar-refractivity contribution in [1.29, 1.82) is 0 Å². The van der Waals surface area contributed by atoms with Gasteiger partial charge < -0.3 is 0 Å². The highest BCUT2D eigenvalue weighted by atomic mass is 28.3. The van der Waals surface area contributed by atoms with Crippen LogP contribution < -0.4 is 0 Å². The van der Waals surface area contributed by atoms with Crippen molar-refractivity contribution in [2.45, 2.75) is 13.1 Å². The molecule has 0 aromatic heterocycles. The molecule has 0 aromatic carbocycles. The van der Waals surface area contributed by atoms with Crippen molar-refractivity contribution in [2.75, 3.05) is 0 Å². The van der Waals surface area contributed by atoms with E-state index in [2.05, 4.69) is 26.9 Å². The van der Waals surface area contributed by atoms with Crippen molar-refractivity contribution < 1.29 is 0 Å². The molecule has 0 saturated carbocycles. The molecule has 8 heavy (non-hydrogen) atoms. The normalized spacial score (nSPS) is 8.75. The van der Waals surface area contributed by atoms with Crippen molar-refractivity contribution in [3.05, 3.63) is 0 Å². The zero-order valence-corrected chi connectivity index (χ0v) is 7.08. The minimum atomic E-state index is -1.56. The summed E-state index contributed by atoms with van der Waals surface area (Å²) in [4.78, 5) is 0. The second-order valence-electron chi connectivity index (χ2n) is 2.02. The molecule has 39 valence electrons. The maximum atomic E-state index is 5.18. The summed E-state index contributed by atoms with van der Waals surface area (Å²) in [6.45, 7) is 4.06. The molecule has 0 aliphatic carbocycles. The molecule has 0 aromatic rings. The summed E-state index contributed by atoms with van der Waals surface area (Å²) in [6, 6.07) is 0. The van der Waals surface area contributed by atoms with Gasteiger partial charge in [0.15, 0.2) is 0 Å². The van der Waals surface area contributed by atoms with E-state index in [1.807, 2.05) is 13.1 Å². The van der Waals surface area contributed by atoms with E-state index in [1.165, 1.54) is 0 Å². The van der Waals surface area contributed by atoms with Gasteiger partial charge in [-0.05, 0) is 13.1 Å². The molecule has 3 radical (unpaired) electrons. The first-order chi connectivity index (χ1) is 3.62. The predicted octanol–water partition coefficient (Wildman–Crippen LogP) is 0.536. The minimum Gasteiger partial charge on any atom is -0.144 e. The van der Waals surface area contributed by atoms with Gasteiger partial charge in [0.25, 0.3) is 0 Å². The average Bonchev–Trinajstić information content (AvgIpc) is 1.67. The number of rotatable bonds is 0. The van der Waals surface area contributed by atoms with Gasteiger partial charge in [0, 0.05) is 0 Å². The Bertz CT molecular complexity index is 163. The van der Waals surface area contributed by atoms with E-state index in [9.17, 15) is 0 Å². The van der Waals surface area contributed by atoms with Gasteiger partial charge in [0.2, 0.25) is 8.07 Å². The van der Waals surface area contributed by atoms with Crippen LogP contribution in [0.4, 0.5) is 0 Å². The van der Waals surface area contributed by atoms with Crippen LogP contribution in [-0.4, -0.2) is 18.3 Å². The Labute approximate surface area is 55.1 Å². The highest BCUT2D eigenvalue weighted by Crippen LogP contribution is 1.94. The van der Waals surface area contributed by atoms with Gasteiger partial charge in [0.05, 0.1) is 0 Å². The molecule has 0 N–H and O–H groups in total. The molecule has 0 nitrogen and oxygen atoms in total. The van der Waals surface area contributed by atoms with Crippen molar-refractivity contribution in [2.24, 2.45) is 0 Å². The predicted molar refractivity (Wildman–Crippen MR) is 39.8 cm³/mol. The van der Waals surface area contributed by atoms with Crippen molar-refractivity contribution in [1.82, 2.24) is 0 Å². The van der Waals surface area contributed by atoms with Crippen LogP contribution in [0.1, 0.15) is 0 Å². The van der Waals surface area contributed by atoms with Crippen molar-refractivity contribution in [3.8, 4) is 23.1 Å². The van der Waals surface area contributed by atoms with Crippen LogP contribution in [-0.2, 0) is 0 Å². The Kier molecular flexibility index (Phi) is 2.61. The van der Waals surface area contributed by atoms with Crippen LogP contribution in [0, 0.1) is 23.1 Å². The van der Waals surface area contributed by atoms with Crippen LogP contribution in [0.3, 0.4) is 0 Å². The Morgan fingerprint density at radius 1 is 1.50 bits per heavy atom. The molecule has 0 fully saturated rings. The molecule has 0 atom stereocenters. The monoisotopic (exact) mass is 135 g/mol. The van der Waals surface area contributed by atoms with E-state index in [1.54, 1.807) is 0 Å². The summed E-state index contributed by atoms with van der Waals surface area (Å²) in [5.74, 6) is 0. The third-order valence-electron chi connectivity index (χ3n) is 0.736. The SMILES string of the molecule is C#C[Si](C)(C)C#C[Si]. The fourth-order valence-electron chi connectivity index (χ4n) is 0.192. The Morgan fingerprint density at radius 3 is 2.12 bits per heavy atom. The molecule has 0 spiro atoms. The van der Waals surface area contributed by atoms with Gasteiger partial charge in [-0.25, -0.2) is 0 Å². The van der Waals surface area contributed by atoms with Gasteiger partial charge >= 0.3 is 0 Å². The minimum absolute atomic E-state index is 1.56. The van der Waals surface area contributed by atoms with Crippen LogP contribution in [0.2, 0.25) is 13.1 Å². The van der Waals surface area contributed by atoms with Crippen molar-refractivity contribution >= 4 is 18.3 Å². The zero-order valence-electron chi connectivity index (χ0n) is 5.08. The standard InChI is InChI=1S/C6H7Si2/c1-4-8(2,3)6-5-7/h1H,2-3H3. The summed E-state index contributed by atoms with van der Waals surface area (Å²) in [5, 5.41) is 0. The Balaban J connectivity index is 4.12. The summed E-state index contributed by atoms with van der Waals surface area (Å²) in [6.07, 6.45) is 5.18. The Morgan fingerprint density at radius 2 is 2.00 bits per heavy atom. The largest absolute Gasteiger partial charge is 0.209 e. The highest BCUT2D eigenvalue weighted by Gasteiger charge is 2.11. The zero-order chi connectivity index (χ0) is 6.62.